The van der Waals surface area contributed by atoms with Crippen LogP contribution >= 0.6 is 24.2 Å². The van der Waals surface area contributed by atoms with Crippen LogP contribution in [0.2, 0.25) is 0 Å². The van der Waals surface area contributed by atoms with Crippen molar-refractivity contribution in [1.82, 2.24) is 10.2 Å². The van der Waals surface area contributed by atoms with Gasteiger partial charge < -0.3 is 10.2 Å². The maximum atomic E-state index is 12.9. The van der Waals surface area contributed by atoms with Crippen molar-refractivity contribution in [2.75, 3.05) is 31.9 Å². The van der Waals surface area contributed by atoms with Crippen molar-refractivity contribution >= 4 is 35.0 Å². The highest BCUT2D eigenvalue weighted by Gasteiger charge is 2.19. The second-order valence-electron chi connectivity index (χ2n) is 4.46. The second kappa shape index (κ2) is 7.06. The molecule has 1 N–H and O–H groups in total. The summed E-state index contributed by atoms with van der Waals surface area (Å²) in [6, 6.07) is 6.41. The Morgan fingerprint density at radius 2 is 1.80 bits per heavy atom. The van der Waals surface area contributed by atoms with Gasteiger partial charge in [0, 0.05) is 31.9 Å². The van der Waals surface area contributed by atoms with Gasteiger partial charge in [-0.3, -0.25) is 0 Å². The molecule has 0 spiro atoms. The van der Waals surface area contributed by atoms with Crippen LogP contribution in [0.25, 0.3) is 0 Å². The first kappa shape index (κ1) is 15.3. The van der Waals surface area contributed by atoms with Crippen LogP contribution in [-0.2, 0) is 0 Å². The number of nitrogens with zero attached hydrogens (tertiary/aromatic N) is 3. The molecule has 20 heavy (non-hydrogen) atoms. The van der Waals surface area contributed by atoms with Gasteiger partial charge in [-0.15, -0.1) is 17.5 Å². The maximum absolute atomic E-state index is 12.9. The molecule has 0 atom stereocenters. The van der Waals surface area contributed by atoms with Crippen molar-refractivity contribution in [1.29, 1.82) is 0 Å². The number of benzene rings is 1. The number of thioether (sulfide) groups is 1. The highest BCUT2D eigenvalue weighted by atomic mass is 35.5. The average molecular weight is 315 g/mol. The summed E-state index contributed by atoms with van der Waals surface area (Å²) in [5.41, 5.74) is 1.85. The third kappa shape index (κ3) is 3.50. The van der Waals surface area contributed by atoms with Crippen LogP contribution in [0.5, 0.6) is 0 Å². The van der Waals surface area contributed by atoms with Gasteiger partial charge in [0.05, 0.1) is 5.71 Å². The van der Waals surface area contributed by atoms with Gasteiger partial charge >= 0.3 is 0 Å². The van der Waals surface area contributed by atoms with E-state index in [2.05, 4.69) is 20.4 Å². The Hall–Kier alpha value is -1.11. The van der Waals surface area contributed by atoms with E-state index in [0.29, 0.717) is 0 Å². The van der Waals surface area contributed by atoms with Crippen LogP contribution in [0.1, 0.15) is 5.56 Å². The fourth-order valence-corrected chi connectivity index (χ4v) is 3.04. The molecule has 108 valence electrons. The molecule has 0 radical (unpaired) electrons. The first-order valence-corrected chi connectivity index (χ1v) is 7.30. The lowest BCUT2D eigenvalue weighted by Crippen LogP contribution is -2.46. The van der Waals surface area contributed by atoms with Crippen molar-refractivity contribution in [3.05, 3.63) is 35.6 Å². The molecule has 0 bridgehead atoms. The van der Waals surface area contributed by atoms with Crippen molar-refractivity contribution in [3.8, 4) is 0 Å². The van der Waals surface area contributed by atoms with Crippen molar-refractivity contribution in [3.63, 3.8) is 0 Å². The van der Waals surface area contributed by atoms with Gasteiger partial charge in [0.25, 0.3) is 0 Å². The van der Waals surface area contributed by atoms with Gasteiger partial charge in [0.15, 0.2) is 5.17 Å². The highest BCUT2D eigenvalue weighted by Crippen LogP contribution is 2.18. The van der Waals surface area contributed by atoms with Crippen LogP contribution in [0.15, 0.2) is 34.5 Å². The molecule has 0 amide bonds. The largest absolute Gasteiger partial charge is 0.347 e. The molecular weight excluding hydrogens is 299 g/mol. The number of hydrogen-bond donors (Lipinski definition) is 1. The molecule has 0 unspecified atom stereocenters. The molecule has 0 aromatic heterocycles. The van der Waals surface area contributed by atoms with Crippen molar-refractivity contribution in [2.24, 2.45) is 10.2 Å². The standard InChI is InChI=1S/C13H15FN4S.ClH/c14-11-3-1-10(2-4-11)12-9-19-13(17-16-12)18-7-5-15-6-8-18;/h1-4,15H,5-9H2;1H. The molecule has 1 aromatic rings. The van der Waals surface area contributed by atoms with Crippen LogP contribution < -0.4 is 5.32 Å². The van der Waals surface area contributed by atoms with E-state index in [-0.39, 0.29) is 18.2 Å². The van der Waals surface area contributed by atoms with Gasteiger partial charge in [-0.2, -0.15) is 5.10 Å². The summed E-state index contributed by atoms with van der Waals surface area (Å²) >= 11 is 1.70. The minimum atomic E-state index is -0.224. The average Bonchev–Trinajstić information content (AvgIpc) is 2.49. The quantitative estimate of drug-likeness (QED) is 0.861. The van der Waals surface area contributed by atoms with E-state index in [1.54, 1.807) is 23.9 Å². The molecule has 2 aliphatic rings. The fourth-order valence-electron chi connectivity index (χ4n) is 2.09. The molecule has 7 heteroatoms. The number of halogens is 2. The highest BCUT2D eigenvalue weighted by molar-refractivity contribution is 8.14. The van der Waals surface area contributed by atoms with Crippen LogP contribution in [0.4, 0.5) is 4.39 Å². The summed E-state index contributed by atoms with van der Waals surface area (Å²) in [4.78, 5) is 2.26. The van der Waals surface area contributed by atoms with Crippen LogP contribution in [0, 0.1) is 5.82 Å². The van der Waals surface area contributed by atoms with Crippen LogP contribution in [0.3, 0.4) is 0 Å². The van der Waals surface area contributed by atoms with Crippen LogP contribution in [-0.4, -0.2) is 47.7 Å². The van der Waals surface area contributed by atoms with E-state index in [1.807, 2.05) is 0 Å². The number of piperazine rings is 1. The Morgan fingerprint density at radius 3 is 2.40 bits per heavy atom. The zero-order valence-corrected chi connectivity index (χ0v) is 12.5. The molecule has 1 fully saturated rings. The molecular formula is C13H16ClFN4S. The zero-order chi connectivity index (χ0) is 13.1. The Labute approximate surface area is 127 Å². The Kier molecular flexibility index (Phi) is 5.39. The Bertz CT molecular complexity index is 512. The molecule has 2 aliphatic heterocycles. The molecule has 0 saturated carbocycles. The Balaban J connectivity index is 0.00000147. The molecule has 1 aromatic carbocycles. The lowest BCUT2D eigenvalue weighted by atomic mass is 10.1. The third-order valence-electron chi connectivity index (χ3n) is 3.16. The summed E-state index contributed by atoms with van der Waals surface area (Å²) < 4.78 is 12.9. The zero-order valence-electron chi connectivity index (χ0n) is 10.9. The molecule has 0 aliphatic carbocycles. The summed E-state index contributed by atoms with van der Waals surface area (Å²) in [6.45, 7) is 3.95. The number of amidine groups is 1. The third-order valence-corrected chi connectivity index (χ3v) is 4.18. The van der Waals surface area contributed by atoms with Gasteiger partial charge in [-0.25, -0.2) is 4.39 Å². The lowest BCUT2D eigenvalue weighted by Gasteiger charge is -2.30. The number of hydrogen-bond acceptors (Lipinski definition) is 5. The van der Waals surface area contributed by atoms with E-state index in [1.165, 1.54) is 12.1 Å². The number of rotatable bonds is 1. The maximum Gasteiger partial charge on any atom is 0.186 e. The minimum absolute atomic E-state index is 0. The number of nitrogens with one attached hydrogen (secondary N) is 1. The first-order valence-electron chi connectivity index (χ1n) is 6.32. The predicted octanol–water partition coefficient (Wildman–Crippen LogP) is 1.96. The van der Waals surface area contributed by atoms with Gasteiger partial charge in [-0.05, 0) is 17.7 Å². The molecule has 1 saturated heterocycles. The van der Waals surface area contributed by atoms with E-state index in [4.69, 9.17) is 0 Å². The van der Waals surface area contributed by atoms with E-state index >= 15 is 0 Å². The summed E-state index contributed by atoms with van der Waals surface area (Å²) in [6.07, 6.45) is 0. The molecule has 4 nitrogen and oxygen atoms in total. The van der Waals surface area contributed by atoms with E-state index in [9.17, 15) is 4.39 Å². The van der Waals surface area contributed by atoms with Crippen molar-refractivity contribution < 1.29 is 4.39 Å². The smallest absolute Gasteiger partial charge is 0.186 e. The monoisotopic (exact) mass is 314 g/mol. The SMILES string of the molecule is Cl.Fc1ccc(C2=NN=C(N3CCNCC3)SC2)cc1. The summed E-state index contributed by atoms with van der Waals surface area (Å²) in [5.74, 6) is 0.562. The fraction of sp³-hybridized carbons (Fsp3) is 0.385. The van der Waals surface area contributed by atoms with E-state index in [0.717, 1.165) is 48.4 Å². The molecule has 3 rings (SSSR count). The predicted molar refractivity (Wildman–Crippen MR) is 84.5 cm³/mol. The van der Waals surface area contributed by atoms with E-state index < -0.39 is 0 Å². The normalized spacial score (nSPS) is 18.9. The second-order valence-corrected chi connectivity index (χ2v) is 5.40. The molecule has 2 heterocycles. The topological polar surface area (TPSA) is 40.0 Å². The van der Waals surface area contributed by atoms with Crippen molar-refractivity contribution in [2.45, 2.75) is 0 Å². The first-order chi connectivity index (χ1) is 9.33. The lowest BCUT2D eigenvalue weighted by molar-refractivity contribution is 0.362. The van der Waals surface area contributed by atoms with Gasteiger partial charge in [0.2, 0.25) is 0 Å². The Morgan fingerprint density at radius 1 is 1.10 bits per heavy atom. The minimum Gasteiger partial charge on any atom is -0.347 e. The summed E-state index contributed by atoms with van der Waals surface area (Å²) in [7, 11) is 0. The van der Waals surface area contributed by atoms with Gasteiger partial charge in [-0.1, -0.05) is 23.9 Å². The van der Waals surface area contributed by atoms with Gasteiger partial charge in [0.1, 0.15) is 5.82 Å². The summed E-state index contributed by atoms with van der Waals surface area (Å²) in [5, 5.41) is 12.9.